The van der Waals surface area contributed by atoms with Crippen molar-refractivity contribution in [3.63, 3.8) is 0 Å². The number of nitrogens with zero attached hydrogens (tertiary/aromatic N) is 3. The van der Waals surface area contributed by atoms with Gasteiger partial charge in [-0.25, -0.2) is 4.98 Å². The van der Waals surface area contributed by atoms with Crippen molar-refractivity contribution in [1.29, 1.82) is 0 Å². The van der Waals surface area contributed by atoms with Crippen LogP contribution in [-0.2, 0) is 17.6 Å². The molecular weight excluding hydrogens is 453 g/mol. The van der Waals surface area contributed by atoms with E-state index in [0.717, 1.165) is 17.1 Å². The number of amides is 2. The summed E-state index contributed by atoms with van der Waals surface area (Å²) in [6.07, 6.45) is 1.05. The van der Waals surface area contributed by atoms with E-state index in [-0.39, 0.29) is 18.2 Å². The molecule has 1 fully saturated rings. The third-order valence-corrected chi connectivity index (χ3v) is 6.66. The lowest BCUT2D eigenvalue weighted by Crippen LogP contribution is -2.51. The van der Waals surface area contributed by atoms with E-state index in [1.165, 1.54) is 5.56 Å². The monoisotopic (exact) mass is 473 g/mol. The van der Waals surface area contributed by atoms with Crippen molar-refractivity contribution < 1.29 is 9.59 Å². The summed E-state index contributed by atoms with van der Waals surface area (Å²) in [6.45, 7) is 1.94. The maximum Gasteiger partial charge on any atom is 0.255 e. The molecule has 1 aliphatic heterocycles. The molecule has 0 atom stereocenters. The smallest absolute Gasteiger partial charge is 0.255 e. The molecule has 2 aromatic carbocycles. The molecule has 4 rings (SSSR count). The third-order valence-electron chi connectivity index (χ3n) is 5.21. The van der Waals surface area contributed by atoms with Crippen LogP contribution in [0.1, 0.15) is 26.6 Å². The quantitative estimate of drug-likeness (QED) is 0.545. The van der Waals surface area contributed by atoms with Gasteiger partial charge in [0.2, 0.25) is 5.91 Å². The molecule has 0 radical (unpaired) electrons. The summed E-state index contributed by atoms with van der Waals surface area (Å²) in [4.78, 5) is 33.6. The maximum absolute atomic E-state index is 12.7. The number of piperazine rings is 1. The van der Waals surface area contributed by atoms with E-state index in [1.54, 1.807) is 39.3 Å². The minimum absolute atomic E-state index is 0.0354. The minimum atomic E-state index is -0.140. The zero-order valence-electron chi connectivity index (χ0n) is 16.8. The van der Waals surface area contributed by atoms with Crippen LogP contribution in [0.5, 0.6) is 0 Å². The van der Waals surface area contributed by atoms with Crippen LogP contribution >= 0.6 is 34.5 Å². The van der Waals surface area contributed by atoms with E-state index in [1.807, 2.05) is 23.6 Å². The van der Waals surface area contributed by atoms with Crippen molar-refractivity contribution in [2.45, 2.75) is 12.8 Å². The summed E-state index contributed by atoms with van der Waals surface area (Å²) in [6, 6.07) is 15.0. The Bertz CT molecular complexity index is 1080. The van der Waals surface area contributed by atoms with Gasteiger partial charge in [0.15, 0.2) is 0 Å². The lowest BCUT2D eigenvalue weighted by atomic mass is 10.1. The second kappa shape index (κ2) is 9.81. The fourth-order valence-corrected chi connectivity index (χ4v) is 4.86. The molecule has 5 nitrogen and oxygen atoms in total. The molecule has 2 amide bonds. The molecule has 0 N–H and O–H groups in total. The molecule has 3 aromatic rings. The summed E-state index contributed by atoms with van der Waals surface area (Å²) < 4.78 is 0. The van der Waals surface area contributed by atoms with Crippen LogP contribution in [0.2, 0.25) is 10.0 Å². The Kier molecular flexibility index (Phi) is 6.90. The highest BCUT2D eigenvalue weighted by Crippen LogP contribution is 2.23. The highest BCUT2D eigenvalue weighted by atomic mass is 35.5. The summed E-state index contributed by atoms with van der Waals surface area (Å²) in [5.41, 5.74) is 2.43. The lowest BCUT2D eigenvalue weighted by molar-refractivity contribution is -0.132. The van der Waals surface area contributed by atoms with E-state index in [4.69, 9.17) is 23.2 Å². The van der Waals surface area contributed by atoms with Crippen LogP contribution < -0.4 is 0 Å². The number of rotatable bonds is 5. The zero-order chi connectivity index (χ0) is 21.8. The summed E-state index contributed by atoms with van der Waals surface area (Å²) in [5, 5.41) is 3.79. The van der Waals surface area contributed by atoms with Gasteiger partial charge >= 0.3 is 0 Å². The van der Waals surface area contributed by atoms with E-state index in [9.17, 15) is 9.59 Å². The van der Waals surface area contributed by atoms with Crippen LogP contribution in [-0.4, -0.2) is 52.8 Å². The highest BCUT2D eigenvalue weighted by molar-refractivity contribution is 7.09. The first-order valence-corrected chi connectivity index (χ1v) is 11.6. The Hall–Kier alpha value is -2.41. The van der Waals surface area contributed by atoms with Gasteiger partial charge in [-0.1, -0.05) is 53.5 Å². The number of thiazole rings is 1. The molecule has 0 unspecified atom stereocenters. The molecular formula is C23H21Cl2N3O2S. The predicted octanol–water partition coefficient (Wildman–Crippen LogP) is 4.57. The average molecular weight is 474 g/mol. The fraction of sp³-hybridized carbons (Fsp3) is 0.261. The average Bonchev–Trinajstić information content (AvgIpc) is 3.20. The number of benzene rings is 2. The number of hydrogen-bond acceptors (Lipinski definition) is 4. The van der Waals surface area contributed by atoms with E-state index in [0.29, 0.717) is 41.8 Å². The van der Waals surface area contributed by atoms with Crippen LogP contribution in [0, 0.1) is 0 Å². The largest absolute Gasteiger partial charge is 0.339 e. The zero-order valence-corrected chi connectivity index (χ0v) is 19.1. The fourth-order valence-electron chi connectivity index (χ4n) is 3.54. The second-order valence-electron chi connectivity index (χ2n) is 7.37. The van der Waals surface area contributed by atoms with Crippen molar-refractivity contribution in [2.75, 3.05) is 26.2 Å². The molecule has 160 valence electrons. The van der Waals surface area contributed by atoms with E-state index in [2.05, 4.69) is 17.1 Å². The van der Waals surface area contributed by atoms with Crippen LogP contribution in [0.3, 0.4) is 0 Å². The topological polar surface area (TPSA) is 53.5 Å². The molecule has 0 saturated carbocycles. The Balaban J connectivity index is 1.30. The van der Waals surface area contributed by atoms with Gasteiger partial charge in [0.1, 0.15) is 0 Å². The van der Waals surface area contributed by atoms with Gasteiger partial charge in [-0.2, -0.15) is 0 Å². The molecule has 0 aliphatic carbocycles. The third kappa shape index (κ3) is 5.45. The SMILES string of the molecule is O=C(Cc1csc(Cc2ccccc2)n1)N1CCN(C(=O)c2ccc(Cl)cc2Cl)CC1. The number of carbonyl (C=O) groups excluding carboxylic acids is 2. The molecule has 2 heterocycles. The number of hydrogen-bond donors (Lipinski definition) is 0. The normalized spacial score (nSPS) is 14.0. The van der Waals surface area contributed by atoms with Crippen molar-refractivity contribution in [3.8, 4) is 0 Å². The van der Waals surface area contributed by atoms with Crippen molar-refractivity contribution in [3.05, 3.63) is 85.8 Å². The Morgan fingerprint density at radius 2 is 1.68 bits per heavy atom. The Morgan fingerprint density at radius 3 is 2.39 bits per heavy atom. The van der Waals surface area contributed by atoms with E-state index < -0.39 is 0 Å². The van der Waals surface area contributed by atoms with Gasteiger partial charge in [0.25, 0.3) is 5.91 Å². The van der Waals surface area contributed by atoms with Gasteiger partial charge in [-0.15, -0.1) is 11.3 Å². The lowest BCUT2D eigenvalue weighted by Gasteiger charge is -2.35. The van der Waals surface area contributed by atoms with Crippen LogP contribution in [0.25, 0.3) is 0 Å². The summed E-state index contributed by atoms with van der Waals surface area (Å²) in [7, 11) is 0. The minimum Gasteiger partial charge on any atom is -0.339 e. The van der Waals surface area contributed by atoms with Gasteiger partial charge in [-0.3, -0.25) is 9.59 Å². The van der Waals surface area contributed by atoms with Crippen LogP contribution in [0.15, 0.2) is 53.9 Å². The van der Waals surface area contributed by atoms with Crippen LogP contribution in [0.4, 0.5) is 0 Å². The Labute approximate surface area is 195 Å². The van der Waals surface area contributed by atoms with Crippen molar-refractivity contribution in [2.24, 2.45) is 0 Å². The van der Waals surface area contributed by atoms with Crippen molar-refractivity contribution in [1.82, 2.24) is 14.8 Å². The molecule has 1 aromatic heterocycles. The first-order valence-electron chi connectivity index (χ1n) is 9.99. The predicted molar refractivity (Wildman–Crippen MR) is 124 cm³/mol. The van der Waals surface area contributed by atoms with Gasteiger partial charge in [-0.05, 0) is 23.8 Å². The first kappa shape index (κ1) is 21.8. The van der Waals surface area contributed by atoms with Crippen molar-refractivity contribution >= 4 is 46.4 Å². The molecule has 1 aliphatic rings. The maximum atomic E-state index is 12.7. The van der Waals surface area contributed by atoms with Gasteiger partial charge in [0, 0.05) is 43.0 Å². The summed E-state index contributed by atoms with van der Waals surface area (Å²) in [5.74, 6) is -0.105. The molecule has 0 spiro atoms. The number of halogens is 2. The molecule has 8 heteroatoms. The first-order chi connectivity index (χ1) is 15.0. The second-order valence-corrected chi connectivity index (χ2v) is 9.16. The molecule has 31 heavy (non-hydrogen) atoms. The number of aromatic nitrogens is 1. The highest BCUT2D eigenvalue weighted by Gasteiger charge is 2.26. The molecule has 0 bridgehead atoms. The number of carbonyl (C=O) groups is 2. The standard InChI is InChI=1S/C23H21Cl2N3O2S/c24-17-6-7-19(20(25)13-17)23(30)28-10-8-27(9-11-28)22(29)14-18-15-31-21(26-18)12-16-4-2-1-3-5-16/h1-7,13,15H,8-12,14H2. The summed E-state index contributed by atoms with van der Waals surface area (Å²) >= 11 is 13.7. The van der Waals surface area contributed by atoms with E-state index >= 15 is 0 Å². The van der Waals surface area contributed by atoms with Gasteiger partial charge in [0.05, 0.1) is 27.7 Å². The Morgan fingerprint density at radius 1 is 0.968 bits per heavy atom. The van der Waals surface area contributed by atoms with Gasteiger partial charge < -0.3 is 9.80 Å². The molecule has 1 saturated heterocycles.